The fourth-order valence-electron chi connectivity index (χ4n) is 6.23. The van der Waals surface area contributed by atoms with Crippen molar-refractivity contribution in [2.75, 3.05) is 13.1 Å². The van der Waals surface area contributed by atoms with Crippen molar-refractivity contribution in [1.82, 2.24) is 4.90 Å². The minimum atomic E-state index is 0.226. The molecule has 4 unspecified atom stereocenters. The third kappa shape index (κ3) is 2.30. The van der Waals surface area contributed by atoms with E-state index in [1.807, 2.05) is 0 Å². The molecular weight excluding hydrogens is 360 g/mol. The zero-order chi connectivity index (χ0) is 16.1. The highest BCUT2D eigenvalue weighted by Gasteiger charge is 2.60. The van der Waals surface area contributed by atoms with Crippen LogP contribution in [-0.4, -0.2) is 29.4 Å². The van der Waals surface area contributed by atoms with E-state index in [0.29, 0.717) is 5.92 Å². The van der Waals surface area contributed by atoms with E-state index in [4.69, 9.17) is 4.99 Å². The Morgan fingerprint density at radius 1 is 1.04 bits per heavy atom. The van der Waals surface area contributed by atoms with Crippen LogP contribution in [-0.2, 0) is 0 Å². The number of benzene rings is 1. The van der Waals surface area contributed by atoms with Crippen LogP contribution in [0.4, 0.5) is 0 Å². The Labute approximate surface area is 153 Å². The van der Waals surface area contributed by atoms with Crippen LogP contribution in [0.5, 0.6) is 0 Å². The summed E-state index contributed by atoms with van der Waals surface area (Å²) in [5.74, 6) is 3.80. The van der Waals surface area contributed by atoms with Crippen LogP contribution in [0.1, 0.15) is 62.8 Å². The largest absolute Gasteiger partial charge is 0.360 e. The molecule has 1 aromatic carbocycles. The molecule has 4 aliphatic rings. The molecule has 2 aliphatic heterocycles. The first-order chi connectivity index (χ1) is 11.8. The lowest BCUT2D eigenvalue weighted by molar-refractivity contribution is 0.234. The van der Waals surface area contributed by atoms with Crippen LogP contribution in [0.2, 0.25) is 0 Å². The van der Waals surface area contributed by atoms with Crippen LogP contribution < -0.4 is 0 Å². The maximum Gasteiger partial charge on any atom is 0.0997 e. The third-order valence-electron chi connectivity index (χ3n) is 7.23. The molecule has 1 spiro atoms. The Bertz CT molecular complexity index is 646. The number of hydrogen-bond donors (Lipinski definition) is 0. The molecular formula is C21H27BrN2. The standard InChI is InChI=1S/C21H27BrN2/c22-18-8-5-15(6-9-18)20-16-4-7-17(14-16)21(20)11-10-19(23-21)24-12-2-1-3-13-24/h5-6,8-9,16-17,20H,1-4,7,10-14H2. The van der Waals surface area contributed by atoms with Gasteiger partial charge in [0, 0.05) is 29.9 Å². The number of rotatable bonds is 1. The normalized spacial score (nSPS) is 38.1. The lowest BCUT2D eigenvalue weighted by atomic mass is 9.69. The van der Waals surface area contributed by atoms with Gasteiger partial charge in [-0.15, -0.1) is 0 Å². The highest BCUT2D eigenvalue weighted by molar-refractivity contribution is 9.10. The first kappa shape index (κ1) is 15.4. The summed E-state index contributed by atoms with van der Waals surface area (Å²) < 4.78 is 1.19. The summed E-state index contributed by atoms with van der Waals surface area (Å²) in [4.78, 5) is 8.15. The lowest BCUT2D eigenvalue weighted by Crippen LogP contribution is -2.39. The SMILES string of the molecule is Brc1ccc(C2C3CCC(C3)C23CCC(N2CCCCC2)=N3)cc1. The van der Waals surface area contributed by atoms with E-state index in [9.17, 15) is 0 Å². The molecule has 1 aromatic rings. The van der Waals surface area contributed by atoms with Gasteiger partial charge in [-0.25, -0.2) is 0 Å². The van der Waals surface area contributed by atoms with Gasteiger partial charge in [-0.1, -0.05) is 28.1 Å². The maximum absolute atomic E-state index is 5.54. The van der Waals surface area contributed by atoms with Gasteiger partial charge in [-0.3, -0.25) is 4.99 Å². The highest BCUT2D eigenvalue weighted by Crippen LogP contribution is 2.63. The minimum Gasteiger partial charge on any atom is -0.360 e. The molecule has 3 fully saturated rings. The number of halogens is 1. The average Bonchev–Trinajstić information content (AvgIpc) is 3.32. The molecule has 1 saturated heterocycles. The van der Waals surface area contributed by atoms with Crippen LogP contribution >= 0.6 is 15.9 Å². The first-order valence-corrected chi connectivity index (χ1v) is 10.6. The van der Waals surface area contributed by atoms with Gasteiger partial charge >= 0.3 is 0 Å². The highest BCUT2D eigenvalue weighted by atomic mass is 79.9. The van der Waals surface area contributed by atoms with Gasteiger partial charge in [0.05, 0.1) is 11.4 Å². The summed E-state index contributed by atoms with van der Waals surface area (Å²) in [6.45, 7) is 2.48. The van der Waals surface area contributed by atoms with Crippen molar-refractivity contribution in [1.29, 1.82) is 0 Å². The quantitative estimate of drug-likeness (QED) is 0.632. The molecule has 2 nitrogen and oxygen atoms in total. The van der Waals surface area contributed by atoms with Crippen molar-refractivity contribution in [3.63, 3.8) is 0 Å². The van der Waals surface area contributed by atoms with E-state index >= 15 is 0 Å². The summed E-state index contributed by atoms with van der Waals surface area (Å²) in [6.07, 6.45) is 10.9. The van der Waals surface area contributed by atoms with Crippen LogP contribution in [0, 0.1) is 11.8 Å². The predicted molar refractivity (Wildman–Crippen MR) is 103 cm³/mol. The van der Waals surface area contributed by atoms with Gasteiger partial charge < -0.3 is 4.90 Å². The second-order valence-electron chi connectivity index (χ2n) is 8.37. The molecule has 24 heavy (non-hydrogen) atoms. The van der Waals surface area contributed by atoms with E-state index in [-0.39, 0.29) is 5.54 Å². The Hall–Kier alpha value is -0.830. The zero-order valence-electron chi connectivity index (χ0n) is 14.4. The molecule has 0 N–H and O–H groups in total. The summed E-state index contributed by atoms with van der Waals surface area (Å²) in [6, 6.07) is 9.15. The number of piperidine rings is 1. The lowest BCUT2D eigenvalue weighted by Gasteiger charge is -2.39. The number of fused-ring (bicyclic) bond motifs is 3. The second kappa shape index (κ2) is 5.86. The number of likely N-dealkylation sites (tertiary alicyclic amines) is 1. The van der Waals surface area contributed by atoms with Gasteiger partial charge in [0.15, 0.2) is 0 Å². The molecule has 0 aromatic heterocycles. The van der Waals surface area contributed by atoms with Crippen LogP contribution in [0.3, 0.4) is 0 Å². The second-order valence-corrected chi connectivity index (χ2v) is 9.28. The molecule has 5 rings (SSSR count). The monoisotopic (exact) mass is 386 g/mol. The van der Waals surface area contributed by atoms with E-state index in [2.05, 4.69) is 45.1 Å². The Morgan fingerprint density at radius 2 is 1.83 bits per heavy atom. The van der Waals surface area contributed by atoms with Crippen molar-refractivity contribution in [3.8, 4) is 0 Å². The Kier molecular flexibility index (Phi) is 3.77. The van der Waals surface area contributed by atoms with Gasteiger partial charge in [0.1, 0.15) is 0 Å². The van der Waals surface area contributed by atoms with Crippen molar-refractivity contribution in [2.45, 2.75) is 62.8 Å². The van der Waals surface area contributed by atoms with E-state index in [0.717, 1.165) is 11.8 Å². The third-order valence-corrected chi connectivity index (χ3v) is 7.76. The van der Waals surface area contributed by atoms with Crippen LogP contribution in [0.25, 0.3) is 0 Å². The molecule has 4 atom stereocenters. The smallest absolute Gasteiger partial charge is 0.0997 e. The molecule has 2 aliphatic carbocycles. The van der Waals surface area contributed by atoms with E-state index in [1.165, 1.54) is 80.3 Å². The fraction of sp³-hybridized carbons (Fsp3) is 0.667. The molecule has 0 radical (unpaired) electrons. The van der Waals surface area contributed by atoms with Gasteiger partial charge in [0.2, 0.25) is 0 Å². The Morgan fingerprint density at radius 3 is 2.62 bits per heavy atom. The van der Waals surface area contributed by atoms with Crippen molar-refractivity contribution >= 4 is 21.8 Å². The summed E-state index contributed by atoms with van der Waals surface area (Å²) >= 11 is 3.60. The summed E-state index contributed by atoms with van der Waals surface area (Å²) in [7, 11) is 0. The van der Waals surface area contributed by atoms with E-state index in [1.54, 1.807) is 0 Å². The molecule has 2 bridgehead atoms. The average molecular weight is 387 g/mol. The fourth-order valence-corrected chi connectivity index (χ4v) is 6.50. The van der Waals surface area contributed by atoms with Gasteiger partial charge in [-0.05, 0) is 74.5 Å². The number of amidine groups is 1. The van der Waals surface area contributed by atoms with Gasteiger partial charge in [0.25, 0.3) is 0 Å². The number of nitrogens with zero attached hydrogens (tertiary/aromatic N) is 2. The van der Waals surface area contributed by atoms with Crippen molar-refractivity contribution in [2.24, 2.45) is 16.8 Å². The summed E-state index contributed by atoms with van der Waals surface area (Å²) in [5.41, 5.74) is 1.76. The molecule has 3 heteroatoms. The Balaban J connectivity index is 1.50. The topological polar surface area (TPSA) is 15.6 Å². The van der Waals surface area contributed by atoms with Crippen molar-refractivity contribution in [3.05, 3.63) is 34.3 Å². The molecule has 2 heterocycles. The molecule has 128 valence electrons. The molecule has 2 saturated carbocycles. The first-order valence-electron chi connectivity index (χ1n) is 9.85. The predicted octanol–water partition coefficient (Wildman–Crippen LogP) is 5.38. The van der Waals surface area contributed by atoms with E-state index < -0.39 is 0 Å². The number of aliphatic imine (C=N–C) groups is 1. The maximum atomic E-state index is 5.54. The van der Waals surface area contributed by atoms with Crippen molar-refractivity contribution < 1.29 is 0 Å². The zero-order valence-corrected chi connectivity index (χ0v) is 16.0. The minimum absolute atomic E-state index is 0.226. The van der Waals surface area contributed by atoms with Gasteiger partial charge in [-0.2, -0.15) is 0 Å². The summed E-state index contributed by atoms with van der Waals surface area (Å²) in [5, 5.41) is 0. The molecule has 0 amide bonds. The van der Waals surface area contributed by atoms with Crippen LogP contribution in [0.15, 0.2) is 33.7 Å². The number of hydrogen-bond acceptors (Lipinski definition) is 2.